The number of esters is 1. The van der Waals surface area contributed by atoms with E-state index in [-0.39, 0.29) is 31.4 Å². The van der Waals surface area contributed by atoms with Crippen LogP contribution in [-0.2, 0) is 29.0 Å². The molecule has 4 heteroatoms. The molecule has 9 heavy (non-hydrogen) atoms. The molecular formula is C5H9BrO2Zn+2. The normalized spacial score (nSPS) is 11.4. The van der Waals surface area contributed by atoms with Crippen LogP contribution in [0.25, 0.3) is 0 Å². The fourth-order valence-corrected chi connectivity index (χ4v) is 0.529. The molecule has 0 heterocycles. The Balaban J connectivity index is 0. The van der Waals surface area contributed by atoms with E-state index in [4.69, 9.17) is 0 Å². The van der Waals surface area contributed by atoms with Crippen LogP contribution in [0.15, 0.2) is 0 Å². The van der Waals surface area contributed by atoms with Crippen molar-refractivity contribution in [2.75, 3.05) is 12.4 Å². The summed E-state index contributed by atoms with van der Waals surface area (Å²) in [6.45, 7) is 1.81. The van der Waals surface area contributed by atoms with Gasteiger partial charge in [0.2, 0.25) is 0 Å². The summed E-state index contributed by atoms with van der Waals surface area (Å²) >= 11 is 3.16. The summed E-state index contributed by atoms with van der Waals surface area (Å²) in [6, 6.07) is 0. The predicted octanol–water partition coefficient (Wildman–Crippen LogP) is 1.19. The molecule has 0 aromatic carbocycles. The number of ether oxygens (including phenoxy) is 1. The maximum Gasteiger partial charge on any atom is 2.00 e. The summed E-state index contributed by atoms with van der Waals surface area (Å²) in [5.41, 5.74) is 0. The van der Waals surface area contributed by atoms with Crippen LogP contribution >= 0.6 is 15.9 Å². The maximum atomic E-state index is 10.5. The molecule has 0 aliphatic carbocycles. The van der Waals surface area contributed by atoms with Gasteiger partial charge in [0.15, 0.2) is 0 Å². The van der Waals surface area contributed by atoms with Gasteiger partial charge in [-0.15, -0.1) is 0 Å². The molecule has 0 amide bonds. The minimum Gasteiger partial charge on any atom is -0.469 e. The van der Waals surface area contributed by atoms with Gasteiger partial charge in [0.25, 0.3) is 0 Å². The zero-order chi connectivity index (χ0) is 6.57. The Labute approximate surface area is 76.2 Å². The first-order chi connectivity index (χ1) is 3.72. The summed E-state index contributed by atoms with van der Waals surface area (Å²) < 4.78 is 4.43. The molecule has 0 bridgehead atoms. The van der Waals surface area contributed by atoms with E-state index in [9.17, 15) is 4.79 Å². The van der Waals surface area contributed by atoms with Gasteiger partial charge in [-0.3, -0.25) is 4.79 Å². The van der Waals surface area contributed by atoms with E-state index in [1.165, 1.54) is 7.11 Å². The zero-order valence-electron chi connectivity index (χ0n) is 5.69. The van der Waals surface area contributed by atoms with Crippen molar-refractivity contribution in [1.82, 2.24) is 0 Å². The fraction of sp³-hybridized carbons (Fsp3) is 0.800. The molecule has 0 N–H and O–H groups in total. The maximum absolute atomic E-state index is 10.5. The Morgan fingerprint density at radius 3 is 2.33 bits per heavy atom. The Bertz CT molecular complexity index is 87.0. The van der Waals surface area contributed by atoms with E-state index in [0.29, 0.717) is 5.33 Å². The molecule has 0 radical (unpaired) electrons. The molecule has 2 nitrogen and oxygen atoms in total. The smallest absolute Gasteiger partial charge is 0.469 e. The van der Waals surface area contributed by atoms with Crippen molar-refractivity contribution in [2.24, 2.45) is 5.92 Å². The summed E-state index contributed by atoms with van der Waals surface area (Å²) in [6.07, 6.45) is 0. The zero-order valence-corrected chi connectivity index (χ0v) is 10.2. The van der Waals surface area contributed by atoms with Gasteiger partial charge in [-0.05, 0) is 0 Å². The van der Waals surface area contributed by atoms with Gasteiger partial charge in [-0.2, -0.15) is 0 Å². The first-order valence-corrected chi connectivity index (χ1v) is 3.48. The molecule has 0 aliphatic heterocycles. The minimum absolute atomic E-state index is 0. The molecule has 0 aliphatic rings. The Morgan fingerprint density at radius 1 is 1.78 bits per heavy atom. The minimum atomic E-state index is -0.165. The van der Waals surface area contributed by atoms with Crippen molar-refractivity contribution in [3.8, 4) is 0 Å². The number of rotatable bonds is 2. The number of hydrogen-bond donors (Lipinski definition) is 0. The molecule has 0 rings (SSSR count). The molecule has 0 saturated heterocycles. The molecule has 0 spiro atoms. The number of hydrogen-bond acceptors (Lipinski definition) is 2. The Morgan fingerprint density at radius 2 is 2.22 bits per heavy atom. The summed E-state index contributed by atoms with van der Waals surface area (Å²) in [5.74, 6) is -0.193. The van der Waals surface area contributed by atoms with Crippen molar-refractivity contribution >= 4 is 21.9 Å². The van der Waals surface area contributed by atoms with Gasteiger partial charge in [0.05, 0.1) is 13.0 Å². The average Bonchev–Trinajstić information content (AvgIpc) is 1.84. The number of alkyl halides is 1. The number of methoxy groups -OCH3 is 1. The van der Waals surface area contributed by atoms with Crippen LogP contribution in [0.5, 0.6) is 0 Å². The van der Waals surface area contributed by atoms with Crippen molar-refractivity contribution < 1.29 is 29.0 Å². The Hall–Kier alpha value is 0.573. The van der Waals surface area contributed by atoms with Crippen LogP contribution in [0.2, 0.25) is 0 Å². The van der Waals surface area contributed by atoms with Crippen LogP contribution < -0.4 is 0 Å². The van der Waals surface area contributed by atoms with Crippen LogP contribution in [0.1, 0.15) is 6.92 Å². The second-order valence-corrected chi connectivity index (χ2v) is 2.23. The van der Waals surface area contributed by atoms with Crippen molar-refractivity contribution in [3.63, 3.8) is 0 Å². The molecule has 1 atom stereocenters. The van der Waals surface area contributed by atoms with Gasteiger partial charge in [0, 0.05) is 5.33 Å². The van der Waals surface area contributed by atoms with Crippen molar-refractivity contribution in [3.05, 3.63) is 0 Å². The van der Waals surface area contributed by atoms with Gasteiger partial charge in [-0.25, -0.2) is 0 Å². The third-order valence-electron chi connectivity index (χ3n) is 0.835. The summed E-state index contributed by atoms with van der Waals surface area (Å²) in [5, 5.41) is 0.666. The second-order valence-electron chi connectivity index (χ2n) is 1.58. The van der Waals surface area contributed by atoms with E-state index < -0.39 is 0 Å². The number of carbonyl (C=O) groups excluding carboxylic acids is 1. The first kappa shape index (κ1) is 12.3. The molecule has 0 aromatic rings. The van der Waals surface area contributed by atoms with Crippen molar-refractivity contribution in [1.29, 1.82) is 0 Å². The first-order valence-electron chi connectivity index (χ1n) is 2.36. The molecular weight excluding hydrogens is 237 g/mol. The molecule has 0 aromatic heterocycles. The second kappa shape index (κ2) is 6.69. The molecule has 0 saturated carbocycles. The largest absolute Gasteiger partial charge is 2.00 e. The van der Waals surface area contributed by atoms with Crippen LogP contribution in [0.4, 0.5) is 0 Å². The third-order valence-corrected chi connectivity index (χ3v) is 1.81. The SMILES string of the molecule is COC(=O)[C@@H](C)CBr.[Zn+2]. The quantitative estimate of drug-likeness (QED) is 0.416. The van der Waals surface area contributed by atoms with Crippen LogP contribution in [0, 0.1) is 5.92 Å². The number of carbonyl (C=O) groups is 1. The summed E-state index contributed by atoms with van der Waals surface area (Å²) in [4.78, 5) is 10.5. The average molecular weight is 246 g/mol. The third kappa shape index (κ3) is 5.04. The van der Waals surface area contributed by atoms with E-state index in [2.05, 4.69) is 20.7 Å². The van der Waals surface area contributed by atoms with Crippen LogP contribution in [0.3, 0.4) is 0 Å². The number of halogens is 1. The fourth-order valence-electron chi connectivity index (χ4n) is 0.264. The predicted molar refractivity (Wildman–Crippen MR) is 35.0 cm³/mol. The molecule has 0 unspecified atom stereocenters. The van der Waals surface area contributed by atoms with Crippen LogP contribution in [-0.4, -0.2) is 18.4 Å². The summed E-state index contributed by atoms with van der Waals surface area (Å²) in [7, 11) is 1.39. The van der Waals surface area contributed by atoms with Gasteiger partial charge in [-0.1, -0.05) is 22.9 Å². The van der Waals surface area contributed by atoms with E-state index >= 15 is 0 Å². The van der Waals surface area contributed by atoms with Crippen molar-refractivity contribution in [2.45, 2.75) is 6.92 Å². The monoisotopic (exact) mass is 244 g/mol. The standard InChI is InChI=1S/C5H9BrO2.Zn/c1-4(3-6)5(7)8-2;/h4H,3H2,1-2H3;/q;+2/t4-;/m0./s1. The Kier molecular flexibility index (Phi) is 9.12. The van der Waals surface area contributed by atoms with E-state index in [1.807, 2.05) is 0 Å². The molecule has 0 fully saturated rings. The van der Waals surface area contributed by atoms with E-state index in [0.717, 1.165) is 0 Å². The van der Waals surface area contributed by atoms with E-state index in [1.54, 1.807) is 6.92 Å². The van der Waals surface area contributed by atoms with Gasteiger partial charge >= 0.3 is 25.4 Å². The molecule has 48 valence electrons. The van der Waals surface area contributed by atoms with Gasteiger partial charge in [0.1, 0.15) is 0 Å². The van der Waals surface area contributed by atoms with Gasteiger partial charge < -0.3 is 4.74 Å². The topological polar surface area (TPSA) is 26.3 Å².